The van der Waals surface area contributed by atoms with Crippen LogP contribution in [-0.2, 0) is 16.1 Å². The van der Waals surface area contributed by atoms with E-state index in [1.165, 1.54) is 12.8 Å². The summed E-state index contributed by atoms with van der Waals surface area (Å²) in [4.78, 5) is 12.6. The van der Waals surface area contributed by atoms with E-state index in [-0.39, 0.29) is 12.0 Å². The van der Waals surface area contributed by atoms with Crippen molar-refractivity contribution in [3.8, 4) is 0 Å². The van der Waals surface area contributed by atoms with Crippen LogP contribution in [0.5, 0.6) is 0 Å². The van der Waals surface area contributed by atoms with Gasteiger partial charge >= 0.3 is 0 Å². The summed E-state index contributed by atoms with van der Waals surface area (Å²) < 4.78 is 6.09. The van der Waals surface area contributed by atoms with Crippen LogP contribution in [0.25, 0.3) is 0 Å². The highest BCUT2D eigenvalue weighted by atomic mass is 16.5. The highest BCUT2D eigenvalue weighted by Crippen LogP contribution is 2.28. The minimum atomic E-state index is -0.549. The Morgan fingerprint density at radius 1 is 1.27 bits per heavy atom. The molecule has 2 aromatic rings. The molecule has 1 amide bonds. The molecule has 0 aliphatic heterocycles. The summed E-state index contributed by atoms with van der Waals surface area (Å²) in [5, 5.41) is 9.64. The van der Waals surface area contributed by atoms with Gasteiger partial charge in [-0.05, 0) is 24.5 Å². The molecule has 5 nitrogen and oxygen atoms in total. The molecule has 0 unspecified atom stereocenters. The molecule has 1 aromatic heterocycles. The van der Waals surface area contributed by atoms with Crippen molar-refractivity contribution in [2.24, 2.45) is 0 Å². The van der Waals surface area contributed by atoms with Gasteiger partial charge in [-0.3, -0.25) is 9.89 Å². The quantitative estimate of drug-likeness (QED) is 0.862. The smallest absolute Gasteiger partial charge is 0.254 e. The van der Waals surface area contributed by atoms with Crippen molar-refractivity contribution in [3.63, 3.8) is 0 Å². The molecule has 2 N–H and O–H groups in total. The minimum absolute atomic E-state index is 0.104. The van der Waals surface area contributed by atoms with Crippen molar-refractivity contribution in [2.75, 3.05) is 0 Å². The van der Waals surface area contributed by atoms with Gasteiger partial charge in [-0.25, -0.2) is 0 Å². The van der Waals surface area contributed by atoms with Gasteiger partial charge in [0.05, 0.1) is 18.3 Å². The molecule has 1 heterocycles. The number of hydrogen-bond donors (Lipinski definition) is 2. The summed E-state index contributed by atoms with van der Waals surface area (Å²) in [6.07, 6.45) is 5.75. The number of ether oxygens (including phenoxy) is 1. The van der Waals surface area contributed by atoms with E-state index >= 15 is 0 Å². The van der Waals surface area contributed by atoms with Crippen LogP contribution >= 0.6 is 0 Å². The number of hydrogen-bond acceptors (Lipinski definition) is 3. The van der Waals surface area contributed by atoms with Crippen LogP contribution in [0.3, 0.4) is 0 Å². The molecule has 0 spiro atoms. The largest absolute Gasteiger partial charge is 0.360 e. The Hall–Kier alpha value is -2.14. The van der Waals surface area contributed by atoms with Gasteiger partial charge in [0.15, 0.2) is 6.10 Å². The van der Waals surface area contributed by atoms with E-state index in [0.717, 1.165) is 24.1 Å². The summed E-state index contributed by atoms with van der Waals surface area (Å²) in [6, 6.07) is 11.5. The van der Waals surface area contributed by atoms with Crippen LogP contribution in [0.4, 0.5) is 0 Å². The van der Waals surface area contributed by atoms with Crippen molar-refractivity contribution < 1.29 is 9.53 Å². The molecule has 116 valence electrons. The number of aromatic amines is 1. The Morgan fingerprint density at radius 3 is 2.73 bits per heavy atom. The van der Waals surface area contributed by atoms with E-state index in [1.54, 1.807) is 6.20 Å². The van der Waals surface area contributed by atoms with Crippen LogP contribution in [-0.4, -0.2) is 22.2 Å². The SMILES string of the molecule is O=C(NCc1ccn[nH]1)[C@H](OC1CCCC1)c1ccccc1. The maximum atomic E-state index is 12.6. The molecule has 0 radical (unpaired) electrons. The third kappa shape index (κ3) is 3.74. The van der Waals surface area contributed by atoms with E-state index in [4.69, 9.17) is 4.74 Å². The van der Waals surface area contributed by atoms with Crippen molar-refractivity contribution >= 4 is 5.91 Å². The second-order valence-electron chi connectivity index (χ2n) is 5.63. The number of H-pyrrole nitrogens is 1. The maximum absolute atomic E-state index is 12.6. The first-order chi connectivity index (χ1) is 10.8. The van der Waals surface area contributed by atoms with Gasteiger partial charge < -0.3 is 10.1 Å². The number of nitrogens with one attached hydrogen (secondary N) is 2. The normalized spacial score (nSPS) is 16.5. The molecule has 22 heavy (non-hydrogen) atoms. The topological polar surface area (TPSA) is 67.0 Å². The Morgan fingerprint density at radius 2 is 2.05 bits per heavy atom. The average molecular weight is 299 g/mol. The van der Waals surface area contributed by atoms with Gasteiger partial charge in [0, 0.05) is 6.20 Å². The number of carbonyl (C=O) groups excluding carboxylic acids is 1. The van der Waals surface area contributed by atoms with E-state index in [2.05, 4.69) is 15.5 Å². The molecule has 1 saturated carbocycles. The van der Waals surface area contributed by atoms with Crippen LogP contribution in [0.1, 0.15) is 43.0 Å². The number of carbonyl (C=O) groups is 1. The van der Waals surface area contributed by atoms with E-state index in [1.807, 2.05) is 36.4 Å². The zero-order valence-corrected chi connectivity index (χ0v) is 12.5. The summed E-state index contributed by atoms with van der Waals surface area (Å²) in [7, 11) is 0. The molecular formula is C17H21N3O2. The van der Waals surface area contributed by atoms with Crippen LogP contribution in [0, 0.1) is 0 Å². The first kappa shape index (κ1) is 14.8. The molecule has 0 bridgehead atoms. The van der Waals surface area contributed by atoms with Crippen molar-refractivity contribution in [1.29, 1.82) is 0 Å². The first-order valence-corrected chi connectivity index (χ1v) is 7.79. The van der Waals surface area contributed by atoms with Gasteiger partial charge in [0.25, 0.3) is 5.91 Å². The van der Waals surface area contributed by atoms with Crippen LogP contribution in [0.15, 0.2) is 42.6 Å². The Bertz CT molecular complexity index is 577. The predicted molar refractivity (Wildman–Crippen MR) is 83.0 cm³/mol. The summed E-state index contributed by atoms with van der Waals surface area (Å²) in [5.74, 6) is -0.104. The summed E-state index contributed by atoms with van der Waals surface area (Å²) in [6.45, 7) is 0.427. The second kappa shape index (κ2) is 7.22. The number of rotatable bonds is 6. The van der Waals surface area contributed by atoms with E-state index < -0.39 is 6.10 Å². The fraction of sp³-hybridized carbons (Fsp3) is 0.412. The molecule has 0 saturated heterocycles. The van der Waals surface area contributed by atoms with E-state index in [0.29, 0.717) is 6.54 Å². The van der Waals surface area contributed by atoms with Gasteiger partial charge in [0.1, 0.15) is 0 Å². The van der Waals surface area contributed by atoms with Crippen molar-refractivity contribution in [3.05, 3.63) is 53.9 Å². The number of amides is 1. The van der Waals surface area contributed by atoms with Gasteiger partial charge in [0.2, 0.25) is 0 Å². The molecule has 1 atom stereocenters. The molecule has 1 aliphatic carbocycles. The molecule has 1 aliphatic rings. The number of benzene rings is 1. The number of aromatic nitrogens is 2. The van der Waals surface area contributed by atoms with Crippen LogP contribution in [0.2, 0.25) is 0 Å². The van der Waals surface area contributed by atoms with Gasteiger partial charge in [-0.2, -0.15) is 5.10 Å². The monoisotopic (exact) mass is 299 g/mol. The van der Waals surface area contributed by atoms with Gasteiger partial charge in [-0.15, -0.1) is 0 Å². The lowest BCUT2D eigenvalue weighted by Gasteiger charge is -2.21. The molecular weight excluding hydrogens is 278 g/mol. The standard InChI is InChI=1S/C17H21N3O2/c21-17(18-12-14-10-11-19-20-14)16(13-6-2-1-3-7-13)22-15-8-4-5-9-15/h1-3,6-7,10-11,15-16H,4-5,8-9,12H2,(H,18,21)(H,19,20)/t16-/m1/s1. The second-order valence-corrected chi connectivity index (χ2v) is 5.63. The van der Waals surface area contributed by atoms with E-state index in [9.17, 15) is 4.79 Å². The Kier molecular flexibility index (Phi) is 4.85. The lowest BCUT2D eigenvalue weighted by atomic mass is 10.1. The molecule has 3 rings (SSSR count). The predicted octanol–water partition coefficient (Wildman–Crippen LogP) is 2.73. The fourth-order valence-electron chi connectivity index (χ4n) is 2.79. The minimum Gasteiger partial charge on any atom is -0.360 e. The molecule has 5 heteroatoms. The summed E-state index contributed by atoms with van der Waals surface area (Å²) in [5.41, 5.74) is 1.78. The highest BCUT2D eigenvalue weighted by molar-refractivity contribution is 5.82. The lowest BCUT2D eigenvalue weighted by molar-refractivity contribution is -0.137. The zero-order chi connectivity index (χ0) is 15.2. The molecule has 1 aromatic carbocycles. The van der Waals surface area contributed by atoms with Crippen LogP contribution < -0.4 is 5.32 Å². The summed E-state index contributed by atoms with van der Waals surface area (Å²) >= 11 is 0. The Labute approximate surface area is 130 Å². The Balaban J connectivity index is 1.67. The zero-order valence-electron chi connectivity index (χ0n) is 12.5. The fourth-order valence-corrected chi connectivity index (χ4v) is 2.79. The maximum Gasteiger partial charge on any atom is 0.254 e. The number of nitrogens with zero attached hydrogens (tertiary/aromatic N) is 1. The highest BCUT2D eigenvalue weighted by Gasteiger charge is 2.26. The third-order valence-corrected chi connectivity index (χ3v) is 3.98. The lowest BCUT2D eigenvalue weighted by Crippen LogP contribution is -2.32. The van der Waals surface area contributed by atoms with Crippen molar-refractivity contribution in [1.82, 2.24) is 15.5 Å². The third-order valence-electron chi connectivity index (χ3n) is 3.98. The van der Waals surface area contributed by atoms with Gasteiger partial charge in [-0.1, -0.05) is 43.2 Å². The first-order valence-electron chi connectivity index (χ1n) is 7.79. The molecule has 1 fully saturated rings. The van der Waals surface area contributed by atoms with Crippen molar-refractivity contribution in [2.45, 2.75) is 44.4 Å². The average Bonchev–Trinajstić information content (AvgIpc) is 3.24.